The smallest absolute Gasteiger partial charge is 0.254 e. The average molecular weight is 324 g/mol. The molecule has 126 valence electrons. The van der Waals surface area contributed by atoms with E-state index in [0.717, 1.165) is 17.1 Å². The van der Waals surface area contributed by atoms with Gasteiger partial charge in [-0.15, -0.1) is 0 Å². The van der Waals surface area contributed by atoms with Crippen LogP contribution >= 0.6 is 0 Å². The third-order valence-corrected chi connectivity index (χ3v) is 3.08. The third-order valence-electron chi connectivity index (χ3n) is 3.08. The normalized spacial score (nSPS) is 16.0. The molecule has 1 rings (SSSR count). The van der Waals surface area contributed by atoms with E-state index in [-0.39, 0.29) is 5.91 Å². The van der Waals surface area contributed by atoms with Crippen LogP contribution in [0.25, 0.3) is 0 Å². The molecule has 0 aromatic carbocycles. The van der Waals surface area contributed by atoms with Gasteiger partial charge in [0.05, 0.1) is 0 Å². The Morgan fingerprint density at radius 1 is 1.00 bits per heavy atom. The molecule has 23 heavy (non-hydrogen) atoms. The Labute approximate surface area is 133 Å². The fourth-order valence-corrected chi connectivity index (χ4v) is 1.81. The van der Waals surface area contributed by atoms with Crippen LogP contribution in [0.15, 0.2) is 12.2 Å². The van der Waals surface area contributed by atoms with Gasteiger partial charge in [0.2, 0.25) is 17.7 Å². The van der Waals surface area contributed by atoms with Crippen molar-refractivity contribution in [3.8, 4) is 0 Å². The van der Waals surface area contributed by atoms with E-state index in [9.17, 15) is 24.0 Å². The van der Waals surface area contributed by atoms with Crippen molar-refractivity contribution in [1.82, 2.24) is 20.9 Å². The fraction of sp³-hybridized carbons (Fsp3) is 0.500. The monoisotopic (exact) mass is 324 g/mol. The van der Waals surface area contributed by atoms with Crippen molar-refractivity contribution in [3.05, 3.63) is 12.2 Å². The molecule has 0 aliphatic carbocycles. The molecule has 5 amide bonds. The number of amides is 5. The van der Waals surface area contributed by atoms with Gasteiger partial charge in [0.1, 0.15) is 18.6 Å². The molecule has 2 unspecified atom stereocenters. The molecule has 0 aromatic rings. The Bertz CT molecular complexity index is 539. The lowest BCUT2D eigenvalue weighted by molar-refractivity contribution is -0.141. The summed E-state index contributed by atoms with van der Waals surface area (Å²) in [5.41, 5.74) is 0. The van der Waals surface area contributed by atoms with E-state index in [1.165, 1.54) is 13.8 Å². The van der Waals surface area contributed by atoms with Gasteiger partial charge in [-0.3, -0.25) is 28.9 Å². The van der Waals surface area contributed by atoms with E-state index in [2.05, 4.69) is 16.0 Å². The zero-order valence-corrected chi connectivity index (χ0v) is 13.2. The Kier molecular flexibility index (Phi) is 6.43. The van der Waals surface area contributed by atoms with Crippen LogP contribution in [-0.4, -0.2) is 59.6 Å². The third kappa shape index (κ3) is 5.20. The van der Waals surface area contributed by atoms with Crippen LogP contribution in [0.3, 0.4) is 0 Å². The molecule has 2 atom stereocenters. The summed E-state index contributed by atoms with van der Waals surface area (Å²) in [6, 6.07) is -1.66. The molecule has 0 saturated carbocycles. The summed E-state index contributed by atoms with van der Waals surface area (Å²) in [6.45, 7) is 4.69. The molecule has 0 spiro atoms. The lowest BCUT2D eigenvalue weighted by Crippen LogP contribution is -2.53. The van der Waals surface area contributed by atoms with Crippen LogP contribution in [0, 0.1) is 0 Å². The number of nitrogens with one attached hydrogen (secondary N) is 3. The van der Waals surface area contributed by atoms with Crippen LogP contribution in [0.2, 0.25) is 0 Å². The van der Waals surface area contributed by atoms with Crippen molar-refractivity contribution in [2.45, 2.75) is 32.9 Å². The minimum atomic E-state index is -0.917. The van der Waals surface area contributed by atoms with Crippen molar-refractivity contribution in [3.63, 3.8) is 0 Å². The van der Waals surface area contributed by atoms with Crippen molar-refractivity contribution in [2.24, 2.45) is 0 Å². The number of nitrogens with zero attached hydrogens (tertiary/aromatic N) is 1. The maximum Gasteiger partial charge on any atom is 0.254 e. The van der Waals surface area contributed by atoms with E-state index in [0.29, 0.717) is 6.54 Å². The fourth-order valence-electron chi connectivity index (χ4n) is 1.81. The zero-order chi connectivity index (χ0) is 17.6. The molecule has 1 heterocycles. The molecule has 1 aliphatic rings. The quantitative estimate of drug-likeness (QED) is 0.470. The average Bonchev–Trinajstić information content (AvgIpc) is 2.79. The highest BCUT2D eigenvalue weighted by molar-refractivity contribution is 6.14. The second-order valence-electron chi connectivity index (χ2n) is 5.01. The highest BCUT2D eigenvalue weighted by Crippen LogP contribution is 2.02. The first-order valence-electron chi connectivity index (χ1n) is 7.17. The number of likely N-dealkylation sites (N-methyl/N-ethyl adjacent to an activating group) is 1. The number of rotatable bonds is 7. The van der Waals surface area contributed by atoms with Gasteiger partial charge in [-0.1, -0.05) is 0 Å². The van der Waals surface area contributed by atoms with Crippen LogP contribution in [-0.2, 0) is 24.0 Å². The van der Waals surface area contributed by atoms with E-state index in [1.54, 1.807) is 6.92 Å². The second-order valence-corrected chi connectivity index (χ2v) is 5.01. The van der Waals surface area contributed by atoms with Crippen molar-refractivity contribution in [2.75, 3.05) is 13.1 Å². The maximum absolute atomic E-state index is 11.9. The molecule has 0 bridgehead atoms. The minimum absolute atomic E-state index is 0.335. The predicted octanol–water partition coefficient (Wildman–Crippen LogP) is -1.94. The van der Waals surface area contributed by atoms with Gasteiger partial charge in [0.25, 0.3) is 11.8 Å². The van der Waals surface area contributed by atoms with Crippen molar-refractivity contribution >= 4 is 29.5 Å². The topological polar surface area (TPSA) is 125 Å². The predicted molar refractivity (Wildman–Crippen MR) is 79.8 cm³/mol. The second kappa shape index (κ2) is 8.06. The first-order chi connectivity index (χ1) is 10.8. The molecular weight excluding hydrogens is 304 g/mol. The van der Waals surface area contributed by atoms with Gasteiger partial charge >= 0.3 is 0 Å². The van der Waals surface area contributed by atoms with Gasteiger partial charge in [-0.25, -0.2) is 0 Å². The molecule has 3 N–H and O–H groups in total. The van der Waals surface area contributed by atoms with Gasteiger partial charge < -0.3 is 16.0 Å². The Morgan fingerprint density at radius 2 is 1.52 bits per heavy atom. The number of hydrogen-bond donors (Lipinski definition) is 3. The summed E-state index contributed by atoms with van der Waals surface area (Å²) >= 11 is 0. The van der Waals surface area contributed by atoms with Crippen molar-refractivity contribution < 1.29 is 24.0 Å². The number of imide groups is 1. The van der Waals surface area contributed by atoms with E-state index in [4.69, 9.17) is 0 Å². The lowest BCUT2D eigenvalue weighted by Gasteiger charge is -2.19. The van der Waals surface area contributed by atoms with Crippen molar-refractivity contribution in [1.29, 1.82) is 0 Å². The summed E-state index contributed by atoms with van der Waals surface area (Å²) in [4.78, 5) is 58.6. The summed E-state index contributed by atoms with van der Waals surface area (Å²) in [5.74, 6) is -2.68. The van der Waals surface area contributed by atoms with Gasteiger partial charge in [-0.05, 0) is 20.8 Å². The van der Waals surface area contributed by atoms with Crippen LogP contribution in [0.1, 0.15) is 20.8 Å². The first-order valence-corrected chi connectivity index (χ1v) is 7.17. The first kappa shape index (κ1) is 18.3. The Balaban J connectivity index is 2.45. The Hall–Kier alpha value is -2.71. The molecular formula is C14H20N4O5. The molecule has 0 fully saturated rings. The Morgan fingerprint density at radius 3 is 2.04 bits per heavy atom. The number of carbonyl (C=O) groups is 5. The molecule has 0 radical (unpaired) electrons. The molecule has 1 aliphatic heterocycles. The summed E-state index contributed by atoms with van der Waals surface area (Å²) in [6.07, 6.45) is 2.14. The largest absolute Gasteiger partial charge is 0.355 e. The maximum atomic E-state index is 11.9. The molecule has 0 saturated heterocycles. The zero-order valence-electron chi connectivity index (χ0n) is 13.2. The number of hydrogen-bond acceptors (Lipinski definition) is 5. The highest BCUT2D eigenvalue weighted by atomic mass is 16.2. The van der Waals surface area contributed by atoms with Crippen LogP contribution < -0.4 is 16.0 Å². The van der Waals surface area contributed by atoms with Gasteiger partial charge in [-0.2, -0.15) is 0 Å². The van der Waals surface area contributed by atoms with E-state index >= 15 is 0 Å². The van der Waals surface area contributed by atoms with E-state index < -0.39 is 42.3 Å². The van der Waals surface area contributed by atoms with Crippen LogP contribution in [0.5, 0.6) is 0 Å². The summed E-state index contributed by atoms with van der Waals surface area (Å²) < 4.78 is 0. The minimum Gasteiger partial charge on any atom is -0.355 e. The van der Waals surface area contributed by atoms with Gasteiger partial charge in [0, 0.05) is 18.7 Å². The number of carbonyl (C=O) groups excluding carboxylic acids is 5. The highest BCUT2D eigenvalue weighted by Gasteiger charge is 2.27. The summed E-state index contributed by atoms with van der Waals surface area (Å²) in [5, 5.41) is 7.38. The molecule has 9 heteroatoms. The SMILES string of the molecule is CCNC(=O)C(C)NC(=O)C(C)NC(=O)CN1C(=O)C=CC1=O. The van der Waals surface area contributed by atoms with Gasteiger partial charge in [0.15, 0.2) is 0 Å². The standard InChI is InChI=1S/C14H20N4O5/c1-4-15-13(22)8(2)17-14(23)9(3)16-10(19)7-18-11(20)5-6-12(18)21/h5-6,8-9H,4,7H2,1-3H3,(H,15,22)(H,16,19)(H,17,23). The summed E-state index contributed by atoms with van der Waals surface area (Å²) in [7, 11) is 0. The lowest BCUT2D eigenvalue weighted by atomic mass is 10.2. The van der Waals surface area contributed by atoms with Crippen LogP contribution in [0.4, 0.5) is 0 Å². The van der Waals surface area contributed by atoms with E-state index in [1.807, 2.05) is 0 Å². The molecule has 0 aromatic heterocycles. The molecule has 9 nitrogen and oxygen atoms in total.